The monoisotopic (exact) mass is 307 g/mol. The average molecular weight is 308 g/mol. The van der Waals surface area contributed by atoms with Crippen LogP contribution in [0.15, 0.2) is 22.8 Å². The first-order valence-electron chi connectivity index (χ1n) is 5.98. The molecule has 0 saturated heterocycles. The van der Waals surface area contributed by atoms with Crippen LogP contribution in [0.5, 0.6) is 0 Å². The van der Waals surface area contributed by atoms with Crippen molar-refractivity contribution in [3.8, 4) is 11.3 Å². The minimum atomic E-state index is 0.764. The van der Waals surface area contributed by atoms with Gasteiger partial charge in [-0.1, -0.05) is 23.8 Å². The summed E-state index contributed by atoms with van der Waals surface area (Å²) in [4.78, 5) is 4.71. The van der Waals surface area contributed by atoms with E-state index in [4.69, 9.17) is 4.98 Å². The van der Waals surface area contributed by atoms with Crippen molar-refractivity contribution in [2.24, 2.45) is 7.05 Å². The summed E-state index contributed by atoms with van der Waals surface area (Å²) >= 11 is 3.63. The Labute approximate surface area is 116 Å². The molecule has 1 aromatic carbocycles. The Morgan fingerprint density at radius 1 is 1.33 bits per heavy atom. The summed E-state index contributed by atoms with van der Waals surface area (Å²) in [5.74, 6) is 1.03. The van der Waals surface area contributed by atoms with Crippen LogP contribution >= 0.6 is 15.9 Å². The minimum Gasteiger partial charge on any atom is -0.324 e. The van der Waals surface area contributed by atoms with Gasteiger partial charge in [0.05, 0.1) is 6.54 Å². The van der Waals surface area contributed by atoms with Crippen molar-refractivity contribution in [3.63, 3.8) is 0 Å². The van der Waals surface area contributed by atoms with E-state index in [9.17, 15) is 0 Å². The van der Waals surface area contributed by atoms with E-state index in [1.807, 2.05) is 14.1 Å². The second-order valence-electron chi connectivity index (χ2n) is 4.58. The summed E-state index contributed by atoms with van der Waals surface area (Å²) < 4.78 is 3.10. The van der Waals surface area contributed by atoms with E-state index in [0.717, 1.165) is 22.7 Å². The van der Waals surface area contributed by atoms with Gasteiger partial charge in [-0.2, -0.15) is 0 Å². The highest BCUT2D eigenvalue weighted by Crippen LogP contribution is 2.30. The number of rotatable bonds is 3. The first-order chi connectivity index (χ1) is 8.54. The lowest BCUT2D eigenvalue weighted by Crippen LogP contribution is -2.10. The third-order valence-corrected chi connectivity index (χ3v) is 4.00. The summed E-state index contributed by atoms with van der Waals surface area (Å²) in [6, 6.07) is 6.45. The topological polar surface area (TPSA) is 29.9 Å². The van der Waals surface area contributed by atoms with Crippen molar-refractivity contribution in [3.05, 3.63) is 39.8 Å². The Hall–Kier alpha value is -1.13. The van der Waals surface area contributed by atoms with Gasteiger partial charge in [-0.05, 0) is 42.4 Å². The zero-order valence-electron chi connectivity index (χ0n) is 11.2. The lowest BCUT2D eigenvalue weighted by molar-refractivity contribution is 0.704. The van der Waals surface area contributed by atoms with Crippen LogP contribution < -0.4 is 5.32 Å². The average Bonchev–Trinajstić information content (AvgIpc) is 2.58. The van der Waals surface area contributed by atoms with Crippen molar-refractivity contribution in [1.29, 1.82) is 0 Å². The van der Waals surface area contributed by atoms with Crippen LogP contribution in [0.1, 0.15) is 17.0 Å². The van der Waals surface area contributed by atoms with E-state index in [0.29, 0.717) is 0 Å². The molecule has 96 valence electrons. The zero-order chi connectivity index (χ0) is 13.3. The molecule has 4 heteroatoms. The molecule has 3 nitrogen and oxygen atoms in total. The van der Waals surface area contributed by atoms with Crippen LogP contribution in [0.3, 0.4) is 0 Å². The van der Waals surface area contributed by atoms with E-state index in [-0.39, 0.29) is 0 Å². The second-order valence-corrected chi connectivity index (χ2v) is 5.33. The molecule has 2 aromatic rings. The van der Waals surface area contributed by atoms with Gasteiger partial charge in [-0.15, -0.1) is 0 Å². The molecule has 0 atom stereocenters. The van der Waals surface area contributed by atoms with E-state index in [2.05, 4.69) is 57.9 Å². The van der Waals surface area contributed by atoms with Crippen molar-refractivity contribution >= 4 is 15.9 Å². The summed E-state index contributed by atoms with van der Waals surface area (Å²) in [6.07, 6.45) is 0. The normalized spacial score (nSPS) is 10.9. The Morgan fingerprint density at radius 2 is 2.06 bits per heavy atom. The molecule has 0 aliphatic rings. The number of benzene rings is 1. The number of aromatic nitrogens is 2. The number of hydrogen-bond acceptors (Lipinski definition) is 2. The molecule has 0 bridgehead atoms. The molecule has 18 heavy (non-hydrogen) atoms. The predicted octanol–water partition coefficient (Wildman–Crippen LogP) is 3.19. The molecule has 1 heterocycles. The second kappa shape index (κ2) is 5.24. The Bertz CT molecular complexity index is 573. The smallest absolute Gasteiger partial charge is 0.124 e. The van der Waals surface area contributed by atoms with Crippen molar-refractivity contribution in [2.45, 2.75) is 20.4 Å². The molecule has 0 spiro atoms. The van der Waals surface area contributed by atoms with Gasteiger partial charge < -0.3 is 9.88 Å². The maximum absolute atomic E-state index is 4.71. The molecular weight excluding hydrogens is 290 g/mol. The van der Waals surface area contributed by atoms with Gasteiger partial charge in [0, 0.05) is 12.6 Å². The summed E-state index contributed by atoms with van der Waals surface area (Å²) in [7, 11) is 3.95. The maximum atomic E-state index is 4.71. The fraction of sp³-hybridized carbons (Fsp3) is 0.357. The first kappa shape index (κ1) is 13.3. The summed E-state index contributed by atoms with van der Waals surface area (Å²) in [5, 5.41) is 3.14. The number of nitrogens with one attached hydrogen (secondary N) is 1. The van der Waals surface area contributed by atoms with Crippen molar-refractivity contribution in [2.75, 3.05) is 7.05 Å². The number of imidazole rings is 1. The van der Waals surface area contributed by atoms with Gasteiger partial charge in [-0.3, -0.25) is 0 Å². The molecule has 1 N–H and O–H groups in total. The van der Waals surface area contributed by atoms with Crippen LogP contribution in [0.25, 0.3) is 11.3 Å². The van der Waals surface area contributed by atoms with Gasteiger partial charge in [0.15, 0.2) is 0 Å². The van der Waals surface area contributed by atoms with Crippen LogP contribution in [0, 0.1) is 13.8 Å². The minimum absolute atomic E-state index is 0.764. The van der Waals surface area contributed by atoms with Crippen molar-refractivity contribution in [1.82, 2.24) is 14.9 Å². The van der Waals surface area contributed by atoms with Gasteiger partial charge in [0.25, 0.3) is 0 Å². The predicted molar refractivity (Wildman–Crippen MR) is 78.6 cm³/mol. The van der Waals surface area contributed by atoms with Crippen LogP contribution in [-0.2, 0) is 13.6 Å². The van der Waals surface area contributed by atoms with E-state index in [1.165, 1.54) is 16.7 Å². The molecule has 0 fully saturated rings. The third kappa shape index (κ3) is 2.35. The van der Waals surface area contributed by atoms with Gasteiger partial charge in [-0.25, -0.2) is 4.98 Å². The molecule has 0 amide bonds. The maximum Gasteiger partial charge on any atom is 0.124 e. The highest BCUT2D eigenvalue weighted by atomic mass is 79.9. The van der Waals surface area contributed by atoms with E-state index < -0.39 is 0 Å². The SMILES string of the molecule is CNCc1nc(-c2ccc(C)cc2C)c(Br)n1C. The molecule has 2 rings (SSSR count). The molecular formula is C14H18BrN3. The lowest BCUT2D eigenvalue weighted by Gasteiger charge is -2.05. The zero-order valence-corrected chi connectivity index (χ0v) is 12.8. The van der Waals surface area contributed by atoms with E-state index >= 15 is 0 Å². The van der Waals surface area contributed by atoms with Crippen molar-refractivity contribution < 1.29 is 0 Å². The Kier molecular flexibility index (Phi) is 3.88. The highest BCUT2D eigenvalue weighted by molar-refractivity contribution is 9.10. The Balaban J connectivity index is 2.53. The van der Waals surface area contributed by atoms with Gasteiger partial charge in [0.1, 0.15) is 16.1 Å². The van der Waals surface area contributed by atoms with Crippen LogP contribution in [0.4, 0.5) is 0 Å². The summed E-state index contributed by atoms with van der Waals surface area (Å²) in [5.41, 5.74) is 4.73. The fourth-order valence-corrected chi connectivity index (χ4v) is 2.60. The molecule has 0 aliphatic heterocycles. The third-order valence-electron chi connectivity index (χ3n) is 3.09. The summed E-state index contributed by atoms with van der Waals surface area (Å²) in [6.45, 7) is 5.00. The standard InChI is InChI=1S/C14H18BrN3/c1-9-5-6-11(10(2)7-9)13-14(15)18(4)12(17-13)8-16-3/h5-7,16H,8H2,1-4H3. The molecule has 0 radical (unpaired) electrons. The highest BCUT2D eigenvalue weighted by Gasteiger charge is 2.15. The van der Waals surface area contributed by atoms with Gasteiger partial charge in [0.2, 0.25) is 0 Å². The fourth-order valence-electron chi connectivity index (χ4n) is 2.09. The molecule has 1 aromatic heterocycles. The number of hydrogen-bond donors (Lipinski definition) is 1. The lowest BCUT2D eigenvalue weighted by atomic mass is 10.0. The Morgan fingerprint density at radius 3 is 2.67 bits per heavy atom. The molecule has 0 saturated carbocycles. The number of halogens is 1. The van der Waals surface area contributed by atoms with E-state index in [1.54, 1.807) is 0 Å². The number of aryl methyl sites for hydroxylation is 2. The van der Waals surface area contributed by atoms with Crippen LogP contribution in [-0.4, -0.2) is 16.6 Å². The first-order valence-corrected chi connectivity index (χ1v) is 6.77. The molecule has 0 unspecified atom stereocenters. The molecule has 0 aliphatic carbocycles. The largest absolute Gasteiger partial charge is 0.324 e. The quantitative estimate of drug-likeness (QED) is 0.944. The van der Waals surface area contributed by atoms with Crippen LogP contribution in [0.2, 0.25) is 0 Å². The van der Waals surface area contributed by atoms with Gasteiger partial charge >= 0.3 is 0 Å². The number of nitrogens with zero attached hydrogens (tertiary/aromatic N) is 2.